The fourth-order valence-electron chi connectivity index (χ4n) is 2.00. The first-order chi connectivity index (χ1) is 9.95. The maximum atomic E-state index is 13.0. The van der Waals surface area contributed by atoms with Gasteiger partial charge in [-0.05, 0) is 50.0 Å². The third-order valence-corrected chi connectivity index (χ3v) is 4.16. The van der Waals surface area contributed by atoms with E-state index in [4.69, 9.17) is 10.3 Å². The Hall–Kier alpha value is -1.40. The summed E-state index contributed by atoms with van der Waals surface area (Å²) in [5.74, 6) is 1.70. The van der Waals surface area contributed by atoms with Crippen LogP contribution in [0.1, 0.15) is 43.6 Å². The number of hydrogen-bond donors (Lipinski definition) is 1. The first kappa shape index (κ1) is 16.0. The number of nitrogens with zero attached hydrogens (tertiary/aromatic N) is 2. The second kappa shape index (κ2) is 6.58. The first-order valence-corrected chi connectivity index (χ1v) is 8.19. The molecule has 0 bridgehead atoms. The Balaban J connectivity index is 2.21. The molecule has 0 spiro atoms. The van der Waals surface area contributed by atoms with Crippen molar-refractivity contribution in [2.24, 2.45) is 5.73 Å². The molecule has 2 aromatic rings. The molecular weight excluding hydrogens is 289 g/mol. The number of halogens is 1. The Bertz CT molecular complexity index is 583. The number of hydrogen-bond acceptors (Lipinski definition) is 5. The highest BCUT2D eigenvalue weighted by Crippen LogP contribution is 2.30. The molecule has 0 radical (unpaired) electrons. The molecule has 2 N–H and O–H groups in total. The Morgan fingerprint density at radius 2 is 2.00 bits per heavy atom. The second-order valence-corrected chi connectivity index (χ2v) is 6.46. The van der Waals surface area contributed by atoms with Crippen molar-refractivity contribution in [2.45, 2.75) is 31.7 Å². The molecule has 2 rings (SSSR count). The highest BCUT2D eigenvalue weighted by Gasteiger charge is 2.29. The fraction of sp³-hybridized carbons (Fsp3) is 0.467. The van der Waals surface area contributed by atoms with Gasteiger partial charge >= 0.3 is 0 Å². The normalized spacial score (nSPS) is 13.4. The lowest BCUT2D eigenvalue weighted by molar-refractivity contribution is 0.344. The third kappa shape index (κ3) is 3.63. The maximum absolute atomic E-state index is 13.0. The quantitative estimate of drug-likeness (QED) is 0.887. The van der Waals surface area contributed by atoms with Crippen molar-refractivity contribution in [2.75, 3.05) is 12.0 Å². The zero-order valence-corrected chi connectivity index (χ0v) is 13.3. The van der Waals surface area contributed by atoms with Crippen LogP contribution in [0.5, 0.6) is 0 Å². The summed E-state index contributed by atoms with van der Waals surface area (Å²) in [5, 5.41) is 4.05. The van der Waals surface area contributed by atoms with E-state index in [2.05, 4.69) is 10.1 Å². The van der Waals surface area contributed by atoms with Gasteiger partial charge in [0, 0.05) is 0 Å². The molecule has 0 aliphatic heterocycles. The minimum atomic E-state index is -0.464. The zero-order valence-electron chi connectivity index (χ0n) is 12.5. The molecule has 0 aliphatic carbocycles. The van der Waals surface area contributed by atoms with Crippen LogP contribution in [-0.4, -0.2) is 22.1 Å². The van der Waals surface area contributed by atoms with Gasteiger partial charge < -0.3 is 10.3 Å². The second-order valence-electron chi connectivity index (χ2n) is 5.48. The van der Waals surface area contributed by atoms with E-state index in [1.54, 1.807) is 23.9 Å². The molecule has 0 saturated heterocycles. The van der Waals surface area contributed by atoms with Gasteiger partial charge in [-0.1, -0.05) is 17.3 Å². The predicted molar refractivity (Wildman–Crippen MR) is 82.8 cm³/mol. The van der Waals surface area contributed by atoms with Crippen molar-refractivity contribution in [3.05, 3.63) is 47.4 Å². The van der Waals surface area contributed by atoms with Gasteiger partial charge in [0.15, 0.2) is 5.82 Å². The van der Waals surface area contributed by atoms with Gasteiger partial charge in [-0.2, -0.15) is 16.7 Å². The first-order valence-electron chi connectivity index (χ1n) is 6.80. The summed E-state index contributed by atoms with van der Waals surface area (Å²) in [6.07, 6.45) is 2.82. The molecule has 114 valence electrons. The van der Waals surface area contributed by atoms with E-state index < -0.39 is 5.41 Å². The summed E-state index contributed by atoms with van der Waals surface area (Å²) >= 11 is 1.73. The molecule has 0 unspecified atom stereocenters. The standard InChI is InChI=1S/C15H20FN3OS/c1-15(2,10-4-6-11(16)7-5-10)14-18-13(20-19-14)12(17)8-9-21-3/h4-7,12H,8-9,17H2,1-3H3/t12-/m0/s1. The molecule has 0 aliphatic rings. The topological polar surface area (TPSA) is 64.9 Å². The third-order valence-electron chi connectivity index (χ3n) is 3.52. The number of nitrogens with two attached hydrogens (primary N) is 1. The average molecular weight is 309 g/mol. The Labute approximate surface area is 128 Å². The lowest BCUT2D eigenvalue weighted by atomic mass is 9.84. The summed E-state index contributed by atoms with van der Waals surface area (Å²) in [5.41, 5.74) is 6.50. The fourth-order valence-corrected chi connectivity index (χ4v) is 2.49. The lowest BCUT2D eigenvalue weighted by Gasteiger charge is -2.20. The van der Waals surface area contributed by atoms with Crippen molar-refractivity contribution in [3.8, 4) is 0 Å². The summed E-state index contributed by atoms with van der Waals surface area (Å²) < 4.78 is 18.3. The van der Waals surface area contributed by atoms with Crippen LogP contribution < -0.4 is 5.73 Å². The lowest BCUT2D eigenvalue weighted by Crippen LogP contribution is -2.21. The van der Waals surface area contributed by atoms with E-state index in [-0.39, 0.29) is 11.9 Å². The minimum absolute atomic E-state index is 0.247. The highest BCUT2D eigenvalue weighted by atomic mass is 32.2. The van der Waals surface area contributed by atoms with Crippen LogP contribution in [0.25, 0.3) is 0 Å². The average Bonchev–Trinajstić information content (AvgIpc) is 2.96. The van der Waals surface area contributed by atoms with Gasteiger partial charge in [-0.25, -0.2) is 4.39 Å². The molecule has 1 heterocycles. The summed E-state index contributed by atoms with van der Waals surface area (Å²) in [6.45, 7) is 3.95. The van der Waals surface area contributed by atoms with Gasteiger partial charge in [-0.3, -0.25) is 0 Å². The van der Waals surface area contributed by atoms with E-state index in [0.29, 0.717) is 11.7 Å². The van der Waals surface area contributed by atoms with Gasteiger partial charge in [0.1, 0.15) is 5.82 Å². The number of rotatable bonds is 6. The van der Waals surface area contributed by atoms with E-state index in [1.807, 2.05) is 20.1 Å². The van der Waals surface area contributed by atoms with Crippen LogP contribution in [0.2, 0.25) is 0 Å². The van der Waals surface area contributed by atoms with Gasteiger partial charge in [0.2, 0.25) is 5.89 Å². The van der Waals surface area contributed by atoms with E-state index in [0.717, 1.165) is 17.7 Å². The Morgan fingerprint density at radius 3 is 2.62 bits per heavy atom. The van der Waals surface area contributed by atoms with Crippen molar-refractivity contribution in [3.63, 3.8) is 0 Å². The van der Waals surface area contributed by atoms with Gasteiger partial charge in [0.05, 0.1) is 11.5 Å². The largest absolute Gasteiger partial charge is 0.338 e. The van der Waals surface area contributed by atoms with Crippen LogP contribution in [-0.2, 0) is 5.41 Å². The number of thioether (sulfide) groups is 1. The molecule has 1 aromatic carbocycles. The molecule has 4 nitrogen and oxygen atoms in total. The monoisotopic (exact) mass is 309 g/mol. The molecular formula is C15H20FN3OS. The van der Waals surface area contributed by atoms with Crippen LogP contribution >= 0.6 is 11.8 Å². The van der Waals surface area contributed by atoms with Gasteiger partial charge in [0.25, 0.3) is 0 Å². The SMILES string of the molecule is CSCC[C@H](N)c1nc(C(C)(C)c2ccc(F)cc2)no1. The van der Waals surface area contributed by atoms with E-state index in [1.165, 1.54) is 12.1 Å². The highest BCUT2D eigenvalue weighted by molar-refractivity contribution is 7.98. The number of benzene rings is 1. The van der Waals surface area contributed by atoms with Crippen LogP contribution in [0.4, 0.5) is 4.39 Å². The summed E-state index contributed by atoms with van der Waals surface area (Å²) in [4.78, 5) is 4.43. The Kier molecular flexibility index (Phi) is 5.00. The molecule has 1 aromatic heterocycles. The van der Waals surface area contributed by atoms with Crippen molar-refractivity contribution < 1.29 is 8.91 Å². The predicted octanol–water partition coefficient (Wildman–Crippen LogP) is 3.29. The molecule has 21 heavy (non-hydrogen) atoms. The molecule has 1 atom stereocenters. The van der Waals surface area contributed by atoms with Crippen molar-refractivity contribution >= 4 is 11.8 Å². The maximum Gasteiger partial charge on any atom is 0.243 e. The van der Waals surface area contributed by atoms with Crippen LogP contribution in [0.3, 0.4) is 0 Å². The molecule has 0 amide bonds. The number of aromatic nitrogens is 2. The molecule has 6 heteroatoms. The minimum Gasteiger partial charge on any atom is -0.338 e. The van der Waals surface area contributed by atoms with Crippen LogP contribution in [0, 0.1) is 5.82 Å². The smallest absolute Gasteiger partial charge is 0.243 e. The van der Waals surface area contributed by atoms with Gasteiger partial charge in [-0.15, -0.1) is 0 Å². The van der Waals surface area contributed by atoms with Crippen molar-refractivity contribution in [1.29, 1.82) is 0 Å². The molecule has 0 fully saturated rings. The summed E-state index contributed by atoms with van der Waals surface area (Å²) in [6, 6.07) is 6.09. The van der Waals surface area contributed by atoms with Crippen LogP contribution in [0.15, 0.2) is 28.8 Å². The van der Waals surface area contributed by atoms with E-state index >= 15 is 0 Å². The Morgan fingerprint density at radius 1 is 1.33 bits per heavy atom. The van der Waals surface area contributed by atoms with Crippen molar-refractivity contribution in [1.82, 2.24) is 10.1 Å². The summed E-state index contributed by atoms with van der Waals surface area (Å²) in [7, 11) is 0. The van der Waals surface area contributed by atoms with E-state index in [9.17, 15) is 4.39 Å². The zero-order chi connectivity index (χ0) is 15.5. The molecule has 0 saturated carbocycles.